The number of nitrogens with one attached hydrogen (secondary N) is 1. The standard InChI is InChI=1S/C22H46N2O/c1-3-5-7-9-11-14-22(15-12-10-8-6-4-2)24-19-21(20-24)18-23-16-13-17-25/h21-23,25H,3-20H2,1-2H3. The molecule has 1 fully saturated rings. The molecule has 3 heteroatoms. The second-order valence-electron chi connectivity index (χ2n) is 8.16. The summed E-state index contributed by atoms with van der Waals surface area (Å²) in [6, 6.07) is 0.844. The van der Waals surface area contributed by atoms with Crippen molar-refractivity contribution >= 4 is 0 Å². The first kappa shape index (κ1) is 22.9. The number of hydrogen-bond donors (Lipinski definition) is 2. The van der Waals surface area contributed by atoms with Crippen molar-refractivity contribution < 1.29 is 5.11 Å². The van der Waals surface area contributed by atoms with Crippen molar-refractivity contribution in [2.75, 3.05) is 32.8 Å². The average Bonchev–Trinajstić information content (AvgIpc) is 2.58. The molecule has 0 saturated carbocycles. The van der Waals surface area contributed by atoms with Gasteiger partial charge in [0.2, 0.25) is 0 Å². The van der Waals surface area contributed by atoms with Gasteiger partial charge in [0.05, 0.1) is 0 Å². The quantitative estimate of drug-likeness (QED) is 0.341. The summed E-state index contributed by atoms with van der Waals surface area (Å²) >= 11 is 0. The van der Waals surface area contributed by atoms with Crippen LogP contribution in [-0.4, -0.2) is 48.8 Å². The lowest BCUT2D eigenvalue weighted by molar-refractivity contribution is 0.0420. The topological polar surface area (TPSA) is 35.5 Å². The fourth-order valence-electron chi connectivity index (χ4n) is 4.02. The lowest BCUT2D eigenvalue weighted by atomic mass is 9.92. The van der Waals surface area contributed by atoms with Gasteiger partial charge in [-0.05, 0) is 31.7 Å². The van der Waals surface area contributed by atoms with Gasteiger partial charge in [-0.15, -0.1) is 0 Å². The average molecular weight is 355 g/mol. The Labute approximate surface area is 158 Å². The molecule has 0 radical (unpaired) electrons. The minimum absolute atomic E-state index is 0.307. The maximum absolute atomic E-state index is 8.84. The van der Waals surface area contributed by atoms with Crippen LogP contribution >= 0.6 is 0 Å². The maximum atomic E-state index is 8.84. The van der Waals surface area contributed by atoms with Gasteiger partial charge in [-0.25, -0.2) is 0 Å². The Morgan fingerprint density at radius 1 is 0.840 bits per heavy atom. The van der Waals surface area contributed by atoms with Crippen molar-refractivity contribution in [1.82, 2.24) is 10.2 Å². The minimum atomic E-state index is 0.307. The van der Waals surface area contributed by atoms with E-state index in [-0.39, 0.29) is 0 Å². The molecule has 1 aliphatic heterocycles. The lowest BCUT2D eigenvalue weighted by Crippen LogP contribution is -2.55. The third-order valence-corrected chi connectivity index (χ3v) is 5.73. The van der Waals surface area contributed by atoms with Crippen LogP contribution in [0.15, 0.2) is 0 Å². The van der Waals surface area contributed by atoms with Crippen LogP contribution in [-0.2, 0) is 0 Å². The molecule has 0 amide bonds. The first-order chi connectivity index (χ1) is 12.3. The second-order valence-corrected chi connectivity index (χ2v) is 8.16. The third kappa shape index (κ3) is 11.2. The molecule has 1 aliphatic rings. The molecule has 0 aromatic heterocycles. The van der Waals surface area contributed by atoms with Gasteiger partial charge in [0.1, 0.15) is 0 Å². The Morgan fingerprint density at radius 3 is 1.92 bits per heavy atom. The van der Waals surface area contributed by atoms with Crippen molar-refractivity contribution in [3.05, 3.63) is 0 Å². The largest absolute Gasteiger partial charge is 0.396 e. The zero-order valence-corrected chi connectivity index (χ0v) is 17.3. The number of aliphatic hydroxyl groups excluding tert-OH is 1. The van der Waals surface area contributed by atoms with Crippen LogP contribution in [0, 0.1) is 5.92 Å². The normalized spacial score (nSPS) is 15.8. The highest BCUT2D eigenvalue weighted by molar-refractivity contribution is 4.86. The molecule has 2 N–H and O–H groups in total. The second kappa shape index (κ2) is 16.1. The van der Waals surface area contributed by atoms with E-state index in [4.69, 9.17) is 5.11 Å². The predicted octanol–water partition coefficient (Wildman–Crippen LogP) is 4.98. The van der Waals surface area contributed by atoms with Gasteiger partial charge < -0.3 is 10.4 Å². The molecule has 1 heterocycles. The smallest absolute Gasteiger partial charge is 0.0443 e. The number of likely N-dealkylation sites (tertiary alicyclic amines) is 1. The highest BCUT2D eigenvalue weighted by Crippen LogP contribution is 2.25. The monoisotopic (exact) mass is 354 g/mol. The number of rotatable bonds is 18. The fourth-order valence-corrected chi connectivity index (χ4v) is 4.02. The van der Waals surface area contributed by atoms with Gasteiger partial charge in [0, 0.05) is 32.3 Å². The fraction of sp³-hybridized carbons (Fsp3) is 1.00. The molecule has 0 atom stereocenters. The van der Waals surface area contributed by atoms with Gasteiger partial charge >= 0.3 is 0 Å². The van der Waals surface area contributed by atoms with E-state index in [0.29, 0.717) is 6.61 Å². The lowest BCUT2D eigenvalue weighted by Gasteiger charge is -2.45. The van der Waals surface area contributed by atoms with Crippen molar-refractivity contribution in [2.45, 2.75) is 103 Å². The molecule has 150 valence electrons. The highest BCUT2D eigenvalue weighted by Gasteiger charge is 2.31. The molecule has 1 rings (SSSR count). The van der Waals surface area contributed by atoms with Gasteiger partial charge in [-0.1, -0.05) is 78.1 Å². The Kier molecular flexibility index (Phi) is 14.7. The molecule has 0 aromatic carbocycles. The summed E-state index contributed by atoms with van der Waals surface area (Å²) < 4.78 is 0. The van der Waals surface area contributed by atoms with E-state index in [0.717, 1.165) is 31.5 Å². The van der Waals surface area contributed by atoms with Crippen molar-refractivity contribution in [1.29, 1.82) is 0 Å². The van der Waals surface area contributed by atoms with E-state index < -0.39 is 0 Å². The molecule has 0 aliphatic carbocycles. The summed E-state index contributed by atoms with van der Waals surface area (Å²) in [6.07, 6.45) is 17.8. The maximum Gasteiger partial charge on any atom is 0.0443 e. The molecule has 25 heavy (non-hydrogen) atoms. The van der Waals surface area contributed by atoms with Gasteiger partial charge in [0.15, 0.2) is 0 Å². The van der Waals surface area contributed by atoms with Crippen molar-refractivity contribution in [3.8, 4) is 0 Å². The summed E-state index contributed by atoms with van der Waals surface area (Å²) in [6.45, 7) is 9.59. The van der Waals surface area contributed by atoms with Crippen LogP contribution in [0.3, 0.4) is 0 Å². The third-order valence-electron chi connectivity index (χ3n) is 5.73. The number of hydrogen-bond acceptors (Lipinski definition) is 3. The van der Waals surface area contributed by atoms with E-state index >= 15 is 0 Å². The zero-order chi connectivity index (χ0) is 18.2. The minimum Gasteiger partial charge on any atom is -0.396 e. The molecule has 3 nitrogen and oxygen atoms in total. The summed E-state index contributed by atoms with van der Waals surface area (Å²) in [5.41, 5.74) is 0. The molecule has 0 spiro atoms. The van der Waals surface area contributed by atoms with Crippen LogP contribution in [0.1, 0.15) is 97.3 Å². The van der Waals surface area contributed by atoms with Crippen LogP contribution in [0.5, 0.6) is 0 Å². The van der Waals surface area contributed by atoms with E-state index in [9.17, 15) is 0 Å². The van der Waals surface area contributed by atoms with Crippen LogP contribution < -0.4 is 5.32 Å². The van der Waals surface area contributed by atoms with E-state index in [1.807, 2.05) is 0 Å². The summed E-state index contributed by atoms with van der Waals surface area (Å²) in [5, 5.41) is 12.3. The Morgan fingerprint density at radius 2 is 1.40 bits per heavy atom. The molecular formula is C22H46N2O. The van der Waals surface area contributed by atoms with E-state index in [1.165, 1.54) is 90.1 Å². The number of unbranched alkanes of at least 4 members (excludes halogenated alkanes) is 8. The zero-order valence-electron chi connectivity index (χ0n) is 17.3. The SMILES string of the molecule is CCCCCCCC(CCCCCCC)N1CC(CNCCCO)C1. The molecule has 1 saturated heterocycles. The van der Waals surface area contributed by atoms with E-state index in [2.05, 4.69) is 24.1 Å². The highest BCUT2D eigenvalue weighted by atomic mass is 16.3. The van der Waals surface area contributed by atoms with Crippen LogP contribution in [0.2, 0.25) is 0 Å². The summed E-state index contributed by atoms with van der Waals surface area (Å²) in [7, 11) is 0. The number of aliphatic hydroxyl groups is 1. The Bertz CT molecular complexity index is 265. The van der Waals surface area contributed by atoms with Crippen molar-refractivity contribution in [3.63, 3.8) is 0 Å². The van der Waals surface area contributed by atoms with Crippen molar-refractivity contribution in [2.24, 2.45) is 5.92 Å². The predicted molar refractivity (Wildman–Crippen MR) is 110 cm³/mol. The van der Waals surface area contributed by atoms with Gasteiger partial charge in [0.25, 0.3) is 0 Å². The molecule has 0 unspecified atom stereocenters. The van der Waals surface area contributed by atoms with Gasteiger partial charge in [-0.2, -0.15) is 0 Å². The van der Waals surface area contributed by atoms with Gasteiger partial charge in [-0.3, -0.25) is 4.90 Å². The molecular weight excluding hydrogens is 308 g/mol. The first-order valence-electron chi connectivity index (χ1n) is 11.4. The Hall–Kier alpha value is -0.120. The summed E-state index contributed by atoms with van der Waals surface area (Å²) in [5.74, 6) is 0.835. The number of nitrogens with zero attached hydrogens (tertiary/aromatic N) is 1. The summed E-state index contributed by atoms with van der Waals surface area (Å²) in [4.78, 5) is 2.76. The Balaban J connectivity index is 2.18. The van der Waals surface area contributed by atoms with E-state index in [1.54, 1.807) is 0 Å². The van der Waals surface area contributed by atoms with Crippen LogP contribution in [0.4, 0.5) is 0 Å². The van der Waals surface area contributed by atoms with Crippen LogP contribution in [0.25, 0.3) is 0 Å². The molecule has 0 bridgehead atoms. The first-order valence-corrected chi connectivity index (χ1v) is 11.4. The molecule has 0 aromatic rings.